The summed E-state index contributed by atoms with van der Waals surface area (Å²) < 4.78 is 1.86. The first-order valence-corrected chi connectivity index (χ1v) is 10.8. The largest absolute Gasteiger partial charge is 0.338 e. The van der Waals surface area contributed by atoms with Crippen LogP contribution in [0.5, 0.6) is 0 Å². The Bertz CT molecular complexity index is 788. The molecule has 2 amide bonds. The van der Waals surface area contributed by atoms with Crippen molar-refractivity contribution in [3.05, 3.63) is 48.3 Å². The van der Waals surface area contributed by atoms with Gasteiger partial charge in [-0.2, -0.15) is 5.10 Å². The fraction of sp³-hybridized carbons (Fsp3) is 0.522. The number of hydrogen-bond acceptors (Lipinski definition) is 3. The maximum atomic E-state index is 13.0. The Labute approximate surface area is 173 Å². The number of carbonyl (C=O) groups excluding carboxylic acids is 2. The van der Waals surface area contributed by atoms with Crippen LogP contribution >= 0.6 is 0 Å². The number of nitrogens with zero attached hydrogens (tertiary/aromatic N) is 4. The van der Waals surface area contributed by atoms with Crippen molar-refractivity contribution < 1.29 is 9.59 Å². The summed E-state index contributed by atoms with van der Waals surface area (Å²) in [7, 11) is 0. The first-order valence-electron chi connectivity index (χ1n) is 10.8. The molecule has 6 nitrogen and oxygen atoms in total. The highest BCUT2D eigenvalue weighted by Crippen LogP contribution is 2.24. The maximum Gasteiger partial charge on any atom is 0.223 e. The smallest absolute Gasteiger partial charge is 0.223 e. The number of rotatable bonds is 4. The Morgan fingerprint density at radius 2 is 1.76 bits per heavy atom. The number of aryl methyl sites for hydroxylation is 1. The predicted molar refractivity (Wildman–Crippen MR) is 114 cm³/mol. The molecule has 0 radical (unpaired) electrons. The van der Waals surface area contributed by atoms with Crippen LogP contribution in [-0.4, -0.2) is 39.6 Å². The zero-order chi connectivity index (χ0) is 20.5. The Morgan fingerprint density at radius 1 is 1.00 bits per heavy atom. The van der Waals surface area contributed by atoms with Gasteiger partial charge in [-0.25, -0.2) is 0 Å². The van der Waals surface area contributed by atoms with Gasteiger partial charge >= 0.3 is 0 Å². The summed E-state index contributed by atoms with van der Waals surface area (Å²) in [4.78, 5) is 29.1. The molecule has 1 aliphatic rings. The molecule has 1 aliphatic heterocycles. The van der Waals surface area contributed by atoms with Crippen molar-refractivity contribution in [3.8, 4) is 0 Å². The number of amides is 2. The predicted octanol–water partition coefficient (Wildman–Crippen LogP) is 4.01. The highest BCUT2D eigenvalue weighted by Gasteiger charge is 2.20. The molecular weight excluding hydrogens is 364 g/mol. The molecule has 0 unspecified atom stereocenters. The molecule has 0 saturated carbocycles. The number of aromatic nitrogens is 2. The monoisotopic (exact) mass is 396 g/mol. The first kappa shape index (κ1) is 21.1. The summed E-state index contributed by atoms with van der Waals surface area (Å²) in [5.74, 6) is 0.241. The van der Waals surface area contributed by atoms with Crippen molar-refractivity contribution in [2.75, 3.05) is 18.0 Å². The minimum absolute atomic E-state index is 0.0617. The highest BCUT2D eigenvalue weighted by molar-refractivity contribution is 5.92. The van der Waals surface area contributed by atoms with E-state index < -0.39 is 0 Å². The van der Waals surface area contributed by atoms with Crippen LogP contribution < -0.4 is 4.90 Å². The third-order valence-corrected chi connectivity index (χ3v) is 5.52. The van der Waals surface area contributed by atoms with Crippen molar-refractivity contribution in [2.24, 2.45) is 0 Å². The molecule has 0 saturated heterocycles. The van der Waals surface area contributed by atoms with Crippen LogP contribution in [0.25, 0.3) is 0 Å². The van der Waals surface area contributed by atoms with Gasteiger partial charge in [-0.05, 0) is 37.0 Å². The molecule has 2 heterocycles. The number of hydrogen-bond donors (Lipinski definition) is 0. The molecule has 3 rings (SSSR count). The number of fused-ring (bicyclic) bond motifs is 1. The molecule has 2 aromatic rings. The average molecular weight is 397 g/mol. The molecule has 0 aliphatic carbocycles. The lowest BCUT2D eigenvalue weighted by molar-refractivity contribution is -0.132. The molecule has 156 valence electrons. The van der Waals surface area contributed by atoms with E-state index >= 15 is 0 Å². The van der Waals surface area contributed by atoms with E-state index in [1.165, 1.54) is 0 Å². The van der Waals surface area contributed by atoms with Gasteiger partial charge in [0.15, 0.2) is 0 Å². The quantitative estimate of drug-likeness (QED) is 0.785. The van der Waals surface area contributed by atoms with Crippen molar-refractivity contribution in [3.63, 3.8) is 0 Å². The van der Waals surface area contributed by atoms with E-state index in [2.05, 4.69) is 5.10 Å². The van der Waals surface area contributed by atoms with Gasteiger partial charge in [0.2, 0.25) is 11.8 Å². The molecule has 1 aromatic heterocycles. The van der Waals surface area contributed by atoms with Gasteiger partial charge in [0.05, 0.1) is 0 Å². The Balaban J connectivity index is 1.73. The molecule has 29 heavy (non-hydrogen) atoms. The second-order valence-corrected chi connectivity index (χ2v) is 7.76. The van der Waals surface area contributed by atoms with Crippen molar-refractivity contribution >= 4 is 17.5 Å². The van der Waals surface area contributed by atoms with Gasteiger partial charge in [-0.3, -0.25) is 14.3 Å². The third-order valence-electron chi connectivity index (χ3n) is 5.52. The lowest BCUT2D eigenvalue weighted by Crippen LogP contribution is -2.34. The maximum absolute atomic E-state index is 13.0. The molecule has 0 spiro atoms. The van der Waals surface area contributed by atoms with Crippen molar-refractivity contribution in [2.45, 2.75) is 65.0 Å². The fourth-order valence-electron chi connectivity index (χ4n) is 3.94. The van der Waals surface area contributed by atoms with E-state index in [4.69, 9.17) is 0 Å². The topological polar surface area (TPSA) is 58.4 Å². The SMILES string of the molecule is CC(=O)N1CCCCCCCN(C(=O)CCCn2cccn2)Cc2ccccc21. The zero-order valence-electron chi connectivity index (χ0n) is 17.4. The van der Waals surface area contributed by atoms with Gasteiger partial charge in [-0.15, -0.1) is 0 Å². The van der Waals surface area contributed by atoms with Gasteiger partial charge in [0.1, 0.15) is 0 Å². The van der Waals surface area contributed by atoms with E-state index in [1.54, 1.807) is 13.1 Å². The molecule has 0 atom stereocenters. The summed E-state index contributed by atoms with van der Waals surface area (Å²) in [6.45, 7) is 4.45. The highest BCUT2D eigenvalue weighted by atomic mass is 16.2. The van der Waals surface area contributed by atoms with Crippen LogP contribution in [0, 0.1) is 0 Å². The fourth-order valence-corrected chi connectivity index (χ4v) is 3.94. The van der Waals surface area contributed by atoms with Gasteiger partial charge in [0, 0.05) is 57.6 Å². The van der Waals surface area contributed by atoms with E-state index in [-0.39, 0.29) is 11.8 Å². The van der Waals surface area contributed by atoms with Crippen molar-refractivity contribution in [1.82, 2.24) is 14.7 Å². The Morgan fingerprint density at radius 3 is 2.52 bits per heavy atom. The summed E-state index contributed by atoms with van der Waals surface area (Å²) in [6.07, 6.45) is 10.4. The van der Waals surface area contributed by atoms with Gasteiger partial charge in [-0.1, -0.05) is 37.5 Å². The van der Waals surface area contributed by atoms with Crippen LogP contribution in [0.1, 0.15) is 57.4 Å². The molecule has 1 aromatic carbocycles. The minimum atomic E-state index is 0.0617. The van der Waals surface area contributed by atoms with Crippen LogP contribution in [-0.2, 0) is 22.7 Å². The zero-order valence-corrected chi connectivity index (χ0v) is 17.4. The van der Waals surface area contributed by atoms with Crippen LogP contribution in [0.4, 0.5) is 5.69 Å². The van der Waals surface area contributed by atoms with Crippen LogP contribution in [0.15, 0.2) is 42.7 Å². The normalized spacial score (nSPS) is 15.9. The molecule has 0 fully saturated rings. The lowest BCUT2D eigenvalue weighted by Gasteiger charge is -2.29. The Hall–Kier alpha value is -2.63. The lowest BCUT2D eigenvalue weighted by atomic mass is 10.1. The van der Waals surface area contributed by atoms with Crippen LogP contribution in [0.2, 0.25) is 0 Å². The second kappa shape index (κ2) is 10.8. The van der Waals surface area contributed by atoms with Crippen LogP contribution in [0.3, 0.4) is 0 Å². The summed E-state index contributed by atoms with van der Waals surface area (Å²) in [6, 6.07) is 9.90. The molecule has 6 heteroatoms. The minimum Gasteiger partial charge on any atom is -0.338 e. The number of carbonyl (C=O) groups is 2. The average Bonchev–Trinajstić information content (AvgIpc) is 3.21. The van der Waals surface area contributed by atoms with E-state index in [0.29, 0.717) is 13.0 Å². The molecule has 0 N–H and O–H groups in total. The van der Waals surface area contributed by atoms with E-state index in [1.807, 2.05) is 51.0 Å². The molecular formula is C23H32N4O2. The first-order chi connectivity index (χ1) is 14.1. The summed E-state index contributed by atoms with van der Waals surface area (Å²) in [5.41, 5.74) is 1.98. The number of anilines is 1. The standard InChI is InChI=1S/C23H32N4O2/c1-20(28)27-18-8-4-2-3-7-15-25(19-21-11-5-6-12-22(21)27)23(29)13-9-16-26-17-10-14-24-26/h5-6,10-12,14,17H,2-4,7-9,13,15-16,18-19H2,1H3. The Kier molecular flexibility index (Phi) is 7.85. The van der Waals surface area contributed by atoms with Gasteiger partial charge < -0.3 is 9.80 Å². The number of benzene rings is 1. The van der Waals surface area contributed by atoms with Gasteiger partial charge in [0.25, 0.3) is 0 Å². The van der Waals surface area contributed by atoms with E-state index in [9.17, 15) is 9.59 Å². The second-order valence-electron chi connectivity index (χ2n) is 7.76. The molecule has 0 bridgehead atoms. The van der Waals surface area contributed by atoms with Crippen molar-refractivity contribution in [1.29, 1.82) is 0 Å². The summed E-state index contributed by atoms with van der Waals surface area (Å²) in [5, 5.41) is 4.20. The summed E-state index contributed by atoms with van der Waals surface area (Å²) >= 11 is 0. The third kappa shape index (κ3) is 6.17. The number of para-hydroxylation sites is 1. The van der Waals surface area contributed by atoms with E-state index in [0.717, 1.165) is 69.4 Å².